The van der Waals surface area contributed by atoms with E-state index in [2.05, 4.69) is 10.0 Å². The van der Waals surface area contributed by atoms with Crippen molar-refractivity contribution < 1.29 is 32.6 Å². The van der Waals surface area contributed by atoms with Gasteiger partial charge in [-0.25, -0.2) is 13.2 Å². The van der Waals surface area contributed by atoms with E-state index in [-0.39, 0.29) is 32.5 Å². The predicted octanol–water partition coefficient (Wildman–Crippen LogP) is 3.83. The molecule has 0 spiro atoms. The first-order valence-electron chi connectivity index (χ1n) is 9.14. The second kappa shape index (κ2) is 9.28. The van der Waals surface area contributed by atoms with Crippen molar-refractivity contribution in [3.05, 3.63) is 63.8 Å². The molecule has 3 rings (SSSR count). The van der Waals surface area contributed by atoms with Crippen LogP contribution in [0, 0.1) is 6.92 Å². The van der Waals surface area contributed by atoms with E-state index < -0.39 is 21.9 Å². The minimum Gasteiger partial charge on any atom is -0.493 e. The van der Waals surface area contributed by atoms with Crippen LogP contribution in [-0.4, -0.2) is 39.6 Å². The van der Waals surface area contributed by atoms with Gasteiger partial charge in [0.15, 0.2) is 11.5 Å². The summed E-state index contributed by atoms with van der Waals surface area (Å²) < 4.78 is 38.2. The number of hydrogen-bond donors (Lipinski definition) is 3. The molecule has 0 unspecified atom stereocenters. The lowest BCUT2D eigenvalue weighted by Gasteiger charge is -2.13. The number of anilines is 2. The number of methoxy groups -OCH3 is 2. The molecular weight excluding hydrogens is 456 g/mol. The number of ether oxygens (including phenoxy) is 2. The second-order valence-electron chi connectivity index (χ2n) is 6.58. The number of amides is 1. The standard InChI is InChI=1S/C21H20N2O7S2/c1-12-6-4-5-7-15(12)23-32(27,28)13-8-19(31-11-13)20(24)22-16-10-18(30-3)17(29-2)9-14(16)21(25)26/h4-11,23H,1-3H3,(H,22,24)(H,25,26). The molecular formula is C21H20N2O7S2. The van der Waals surface area contributed by atoms with Gasteiger partial charge in [0.1, 0.15) is 0 Å². The molecule has 0 atom stereocenters. The third-order valence-corrected chi connectivity index (χ3v) is 6.92. The van der Waals surface area contributed by atoms with E-state index in [4.69, 9.17) is 9.47 Å². The highest BCUT2D eigenvalue weighted by Gasteiger charge is 2.22. The predicted molar refractivity (Wildman–Crippen MR) is 121 cm³/mol. The van der Waals surface area contributed by atoms with Gasteiger partial charge < -0.3 is 19.9 Å². The van der Waals surface area contributed by atoms with Gasteiger partial charge in [-0.3, -0.25) is 9.52 Å². The summed E-state index contributed by atoms with van der Waals surface area (Å²) in [5.41, 5.74) is 0.956. The third-order valence-electron chi connectivity index (χ3n) is 4.50. The normalized spacial score (nSPS) is 11.0. The van der Waals surface area contributed by atoms with Crippen LogP contribution in [0.15, 0.2) is 52.7 Å². The Bertz CT molecular complexity index is 1280. The second-order valence-corrected chi connectivity index (χ2v) is 9.17. The van der Waals surface area contributed by atoms with Crippen LogP contribution >= 0.6 is 11.3 Å². The van der Waals surface area contributed by atoms with Gasteiger partial charge >= 0.3 is 5.97 Å². The van der Waals surface area contributed by atoms with Crippen molar-refractivity contribution in [2.75, 3.05) is 24.3 Å². The van der Waals surface area contributed by atoms with Crippen molar-refractivity contribution in [2.24, 2.45) is 0 Å². The van der Waals surface area contributed by atoms with Crippen molar-refractivity contribution in [2.45, 2.75) is 11.8 Å². The highest BCUT2D eigenvalue weighted by Crippen LogP contribution is 2.34. The molecule has 2 aromatic carbocycles. The molecule has 0 aliphatic rings. The summed E-state index contributed by atoms with van der Waals surface area (Å²) in [6.07, 6.45) is 0. The van der Waals surface area contributed by atoms with Gasteiger partial charge in [0, 0.05) is 17.5 Å². The summed E-state index contributed by atoms with van der Waals surface area (Å²) in [5.74, 6) is -1.53. The third kappa shape index (κ3) is 4.84. The van der Waals surface area contributed by atoms with Crippen LogP contribution in [0.5, 0.6) is 11.5 Å². The number of carbonyl (C=O) groups excluding carboxylic acids is 1. The summed E-state index contributed by atoms with van der Waals surface area (Å²) in [4.78, 5) is 24.3. The molecule has 0 saturated heterocycles. The maximum Gasteiger partial charge on any atom is 0.337 e. The maximum absolute atomic E-state index is 12.7. The summed E-state index contributed by atoms with van der Waals surface area (Å²) in [5, 5.41) is 13.3. The molecule has 3 N–H and O–H groups in total. The lowest BCUT2D eigenvalue weighted by Crippen LogP contribution is -2.15. The summed E-state index contributed by atoms with van der Waals surface area (Å²) in [6, 6.07) is 10.7. The minimum atomic E-state index is -3.91. The number of carbonyl (C=O) groups is 2. The number of aromatic carboxylic acids is 1. The number of carboxylic acids is 1. The fourth-order valence-corrected chi connectivity index (χ4v) is 5.11. The monoisotopic (exact) mass is 476 g/mol. The van der Waals surface area contributed by atoms with E-state index in [0.717, 1.165) is 16.9 Å². The maximum atomic E-state index is 12.7. The zero-order chi connectivity index (χ0) is 23.5. The van der Waals surface area contributed by atoms with Gasteiger partial charge in [-0.05, 0) is 24.6 Å². The van der Waals surface area contributed by atoms with Crippen LogP contribution in [0.2, 0.25) is 0 Å². The average molecular weight is 477 g/mol. The van der Waals surface area contributed by atoms with E-state index in [1.165, 1.54) is 37.8 Å². The molecule has 0 aliphatic heterocycles. The van der Waals surface area contributed by atoms with E-state index >= 15 is 0 Å². The Morgan fingerprint density at radius 2 is 1.66 bits per heavy atom. The lowest BCUT2D eigenvalue weighted by molar-refractivity contribution is 0.0697. The molecule has 1 heterocycles. The van der Waals surface area contributed by atoms with E-state index in [1.807, 2.05) is 0 Å². The largest absolute Gasteiger partial charge is 0.493 e. The number of benzene rings is 2. The quantitative estimate of drug-likeness (QED) is 0.450. The van der Waals surface area contributed by atoms with Gasteiger partial charge in [-0.2, -0.15) is 0 Å². The highest BCUT2D eigenvalue weighted by molar-refractivity contribution is 7.92. The number of aryl methyl sites for hydroxylation is 1. The Morgan fingerprint density at radius 1 is 1.00 bits per heavy atom. The first kappa shape index (κ1) is 23.1. The van der Waals surface area contributed by atoms with Crippen molar-refractivity contribution in [3.63, 3.8) is 0 Å². The number of nitrogens with one attached hydrogen (secondary N) is 2. The number of rotatable bonds is 8. The molecule has 11 heteroatoms. The molecule has 3 aromatic rings. The Labute approximate surface area is 188 Å². The van der Waals surface area contributed by atoms with Crippen LogP contribution in [0.1, 0.15) is 25.6 Å². The number of para-hydroxylation sites is 1. The van der Waals surface area contributed by atoms with Crippen molar-refractivity contribution in [1.82, 2.24) is 0 Å². The van der Waals surface area contributed by atoms with Gasteiger partial charge in [-0.15, -0.1) is 11.3 Å². The van der Waals surface area contributed by atoms with Crippen molar-refractivity contribution in [1.29, 1.82) is 0 Å². The van der Waals surface area contributed by atoms with Crippen molar-refractivity contribution >= 4 is 44.6 Å². The number of sulfonamides is 1. The van der Waals surface area contributed by atoms with Crippen molar-refractivity contribution in [3.8, 4) is 11.5 Å². The Balaban J connectivity index is 1.86. The molecule has 0 aliphatic carbocycles. The molecule has 0 saturated carbocycles. The average Bonchev–Trinajstić information content (AvgIpc) is 3.26. The topological polar surface area (TPSA) is 131 Å². The van der Waals surface area contributed by atoms with Gasteiger partial charge in [-0.1, -0.05) is 18.2 Å². The van der Waals surface area contributed by atoms with Gasteiger partial charge in [0.2, 0.25) is 0 Å². The van der Waals surface area contributed by atoms with E-state index in [9.17, 15) is 23.1 Å². The smallest absolute Gasteiger partial charge is 0.337 e. The zero-order valence-electron chi connectivity index (χ0n) is 17.3. The lowest BCUT2D eigenvalue weighted by atomic mass is 10.1. The number of carboxylic acid groups (broad SMARTS) is 1. The van der Waals surface area contributed by atoms with Crippen LogP contribution in [0.4, 0.5) is 11.4 Å². The summed E-state index contributed by atoms with van der Waals surface area (Å²) >= 11 is 0.916. The fourth-order valence-electron chi connectivity index (χ4n) is 2.81. The summed E-state index contributed by atoms with van der Waals surface area (Å²) in [6.45, 7) is 1.77. The van der Waals surface area contributed by atoms with E-state index in [1.54, 1.807) is 31.2 Å². The molecule has 1 amide bonds. The van der Waals surface area contributed by atoms with Crippen LogP contribution in [0.25, 0.3) is 0 Å². The first-order valence-corrected chi connectivity index (χ1v) is 11.5. The van der Waals surface area contributed by atoms with Gasteiger partial charge in [0.25, 0.3) is 15.9 Å². The SMILES string of the molecule is COc1cc(NC(=O)c2cc(S(=O)(=O)Nc3ccccc3C)cs2)c(C(=O)O)cc1OC. The molecule has 0 fully saturated rings. The molecule has 0 bridgehead atoms. The Hall–Kier alpha value is -3.57. The molecule has 0 radical (unpaired) electrons. The summed E-state index contributed by atoms with van der Waals surface area (Å²) in [7, 11) is -1.17. The minimum absolute atomic E-state index is 0.0176. The molecule has 168 valence electrons. The van der Waals surface area contributed by atoms with Crippen LogP contribution in [0.3, 0.4) is 0 Å². The van der Waals surface area contributed by atoms with E-state index in [0.29, 0.717) is 5.69 Å². The van der Waals surface area contributed by atoms with Crippen LogP contribution in [-0.2, 0) is 10.0 Å². The first-order chi connectivity index (χ1) is 15.2. The number of hydrogen-bond acceptors (Lipinski definition) is 7. The molecule has 9 nitrogen and oxygen atoms in total. The highest BCUT2D eigenvalue weighted by atomic mass is 32.2. The molecule has 32 heavy (non-hydrogen) atoms. The molecule has 1 aromatic heterocycles. The van der Waals surface area contributed by atoms with Gasteiger partial charge in [0.05, 0.1) is 40.9 Å². The fraction of sp³-hybridized carbons (Fsp3) is 0.143. The Kier molecular flexibility index (Phi) is 6.70. The Morgan fingerprint density at radius 3 is 2.28 bits per heavy atom. The zero-order valence-corrected chi connectivity index (χ0v) is 19.0. The number of thiophene rings is 1. The van der Waals surface area contributed by atoms with Crippen LogP contribution < -0.4 is 19.5 Å².